The van der Waals surface area contributed by atoms with Crippen LogP contribution in [0.1, 0.15) is 13.3 Å². The second kappa shape index (κ2) is 5.49. The fourth-order valence-electron chi connectivity index (χ4n) is 1.21. The van der Waals surface area contributed by atoms with Gasteiger partial charge in [-0.25, -0.2) is 4.79 Å². The first kappa shape index (κ1) is 15.2. The number of carbonyl (C=O) groups is 1. The number of halogens is 3. The van der Waals surface area contributed by atoms with Crippen LogP contribution in [0.2, 0.25) is 0 Å². The molecule has 0 fully saturated rings. The van der Waals surface area contributed by atoms with E-state index < -0.39 is 24.2 Å². The quantitative estimate of drug-likeness (QED) is 0.725. The minimum absolute atomic E-state index is 0.213. The van der Waals surface area contributed by atoms with Crippen molar-refractivity contribution >= 4 is 5.97 Å². The number of aliphatic hydroxyl groups is 1. The summed E-state index contributed by atoms with van der Waals surface area (Å²) in [5.74, 6) is -0.869. The minimum Gasteiger partial charge on any atom is -0.467 e. The molecule has 7 heteroatoms. The molecule has 0 aromatic carbocycles. The predicted octanol–water partition coefficient (Wildman–Crippen LogP) is 0.795. The largest absolute Gasteiger partial charge is 0.467 e. The maximum atomic E-state index is 11.9. The minimum atomic E-state index is -4.24. The van der Waals surface area contributed by atoms with Crippen LogP contribution >= 0.6 is 0 Å². The molecule has 0 aliphatic heterocycles. The lowest BCUT2D eigenvalue weighted by Crippen LogP contribution is -2.46. The van der Waals surface area contributed by atoms with E-state index in [1.165, 1.54) is 18.9 Å². The van der Waals surface area contributed by atoms with Gasteiger partial charge in [-0.3, -0.25) is 0 Å². The Morgan fingerprint density at radius 1 is 1.44 bits per heavy atom. The van der Waals surface area contributed by atoms with Gasteiger partial charge in [-0.1, -0.05) is 0 Å². The van der Waals surface area contributed by atoms with Gasteiger partial charge in [0.05, 0.1) is 13.5 Å². The Bertz CT molecular complexity index is 241. The van der Waals surface area contributed by atoms with E-state index >= 15 is 0 Å². The maximum Gasteiger partial charge on any atom is 0.390 e. The Kier molecular flexibility index (Phi) is 5.21. The summed E-state index contributed by atoms with van der Waals surface area (Å²) in [7, 11) is 2.50. The molecule has 0 radical (unpaired) electrons. The van der Waals surface area contributed by atoms with E-state index in [0.717, 1.165) is 7.11 Å². The number of alkyl halides is 3. The van der Waals surface area contributed by atoms with Gasteiger partial charge >= 0.3 is 12.1 Å². The van der Waals surface area contributed by atoms with Crippen molar-refractivity contribution in [3.8, 4) is 0 Å². The zero-order valence-electron chi connectivity index (χ0n) is 9.47. The summed E-state index contributed by atoms with van der Waals surface area (Å²) in [6.07, 6.45) is -5.23. The van der Waals surface area contributed by atoms with Crippen LogP contribution in [-0.2, 0) is 9.53 Å². The van der Waals surface area contributed by atoms with Crippen LogP contribution in [0.4, 0.5) is 13.2 Å². The van der Waals surface area contributed by atoms with Crippen LogP contribution < -0.4 is 0 Å². The molecule has 0 aliphatic carbocycles. The third-order valence-corrected chi connectivity index (χ3v) is 1.98. The normalized spacial score (nSPS) is 16.0. The van der Waals surface area contributed by atoms with Crippen molar-refractivity contribution in [2.75, 3.05) is 27.2 Å². The van der Waals surface area contributed by atoms with E-state index in [9.17, 15) is 23.1 Å². The summed E-state index contributed by atoms with van der Waals surface area (Å²) < 4.78 is 40.0. The molecule has 4 nitrogen and oxygen atoms in total. The zero-order chi connectivity index (χ0) is 13.0. The standard InChI is InChI=1S/C9H16F3NO3/c1-8(15,7(14)16-3)6-13(2)5-4-9(10,11)12/h15H,4-6H2,1-3H3. The number of rotatable bonds is 5. The summed E-state index contributed by atoms with van der Waals surface area (Å²) in [6, 6.07) is 0. The van der Waals surface area contributed by atoms with Crippen molar-refractivity contribution < 1.29 is 27.8 Å². The summed E-state index contributed by atoms with van der Waals surface area (Å²) in [4.78, 5) is 12.3. The van der Waals surface area contributed by atoms with Crippen molar-refractivity contribution in [2.24, 2.45) is 0 Å². The lowest BCUT2D eigenvalue weighted by atomic mass is 10.1. The maximum absolute atomic E-state index is 11.9. The number of carbonyl (C=O) groups excluding carboxylic acids is 1. The smallest absolute Gasteiger partial charge is 0.390 e. The second-order valence-corrected chi connectivity index (χ2v) is 3.87. The van der Waals surface area contributed by atoms with E-state index in [4.69, 9.17) is 0 Å². The van der Waals surface area contributed by atoms with Gasteiger partial charge in [-0.2, -0.15) is 13.2 Å². The summed E-state index contributed by atoms with van der Waals surface area (Å²) in [5.41, 5.74) is -1.80. The molecule has 0 amide bonds. The summed E-state index contributed by atoms with van der Waals surface area (Å²) >= 11 is 0. The molecule has 0 spiro atoms. The lowest BCUT2D eigenvalue weighted by molar-refractivity contribution is -0.163. The van der Waals surface area contributed by atoms with Gasteiger partial charge in [0.2, 0.25) is 0 Å². The Morgan fingerprint density at radius 3 is 2.31 bits per heavy atom. The van der Waals surface area contributed by atoms with Crippen LogP contribution in [0.5, 0.6) is 0 Å². The molecule has 16 heavy (non-hydrogen) atoms. The predicted molar refractivity (Wildman–Crippen MR) is 50.8 cm³/mol. The molecule has 1 atom stereocenters. The van der Waals surface area contributed by atoms with Crippen LogP contribution in [0.25, 0.3) is 0 Å². The average Bonchev–Trinajstić information content (AvgIpc) is 2.11. The molecule has 0 bridgehead atoms. The molecule has 1 N–H and O–H groups in total. The van der Waals surface area contributed by atoms with Gasteiger partial charge in [-0.05, 0) is 14.0 Å². The fourth-order valence-corrected chi connectivity index (χ4v) is 1.21. The molecule has 0 heterocycles. The molecule has 1 unspecified atom stereocenters. The molecule has 0 saturated carbocycles. The van der Waals surface area contributed by atoms with Gasteiger partial charge in [-0.15, -0.1) is 0 Å². The monoisotopic (exact) mass is 243 g/mol. The highest BCUT2D eigenvalue weighted by molar-refractivity contribution is 5.78. The third kappa shape index (κ3) is 5.92. The van der Waals surface area contributed by atoms with E-state index in [1.807, 2.05) is 0 Å². The highest BCUT2D eigenvalue weighted by atomic mass is 19.4. The Hall–Kier alpha value is -0.820. The number of nitrogens with zero attached hydrogens (tertiary/aromatic N) is 1. The third-order valence-electron chi connectivity index (χ3n) is 1.98. The van der Waals surface area contributed by atoms with E-state index in [1.54, 1.807) is 0 Å². The van der Waals surface area contributed by atoms with E-state index in [-0.39, 0.29) is 13.1 Å². The van der Waals surface area contributed by atoms with Gasteiger partial charge in [0, 0.05) is 13.1 Å². The first-order chi connectivity index (χ1) is 7.08. The van der Waals surface area contributed by atoms with Gasteiger partial charge in [0.25, 0.3) is 0 Å². The Balaban J connectivity index is 4.14. The highest BCUT2D eigenvalue weighted by Crippen LogP contribution is 2.20. The van der Waals surface area contributed by atoms with E-state index in [0.29, 0.717) is 0 Å². The lowest BCUT2D eigenvalue weighted by Gasteiger charge is -2.26. The molecular formula is C9H16F3NO3. The van der Waals surface area contributed by atoms with Gasteiger partial charge < -0.3 is 14.7 Å². The van der Waals surface area contributed by atoms with Crippen LogP contribution in [0.3, 0.4) is 0 Å². The molecule has 0 saturated heterocycles. The van der Waals surface area contributed by atoms with Crippen molar-refractivity contribution in [2.45, 2.75) is 25.1 Å². The molecular weight excluding hydrogens is 227 g/mol. The first-order valence-electron chi connectivity index (χ1n) is 4.64. The van der Waals surface area contributed by atoms with E-state index in [2.05, 4.69) is 4.74 Å². The van der Waals surface area contributed by atoms with Crippen molar-refractivity contribution in [3.63, 3.8) is 0 Å². The fraction of sp³-hybridized carbons (Fsp3) is 0.889. The van der Waals surface area contributed by atoms with Crippen LogP contribution in [0, 0.1) is 0 Å². The number of methoxy groups -OCH3 is 1. The Morgan fingerprint density at radius 2 is 1.94 bits per heavy atom. The second-order valence-electron chi connectivity index (χ2n) is 3.87. The topological polar surface area (TPSA) is 49.8 Å². The van der Waals surface area contributed by atoms with Gasteiger partial charge in [0.15, 0.2) is 5.60 Å². The SMILES string of the molecule is COC(=O)C(C)(O)CN(C)CCC(F)(F)F. The number of likely N-dealkylation sites (N-methyl/N-ethyl adjacent to an activating group) is 1. The summed E-state index contributed by atoms with van der Waals surface area (Å²) in [6.45, 7) is 0.704. The number of esters is 1. The number of ether oxygens (including phenoxy) is 1. The van der Waals surface area contributed by atoms with Crippen LogP contribution in [0.15, 0.2) is 0 Å². The molecule has 96 valence electrons. The summed E-state index contributed by atoms with van der Waals surface area (Å²) in [5, 5.41) is 9.59. The van der Waals surface area contributed by atoms with Gasteiger partial charge in [0.1, 0.15) is 0 Å². The average molecular weight is 243 g/mol. The highest BCUT2D eigenvalue weighted by Gasteiger charge is 2.34. The molecule has 0 aromatic heterocycles. The zero-order valence-corrected chi connectivity index (χ0v) is 9.47. The first-order valence-corrected chi connectivity index (χ1v) is 4.64. The van der Waals surface area contributed by atoms with Crippen molar-refractivity contribution in [1.82, 2.24) is 4.90 Å². The van der Waals surface area contributed by atoms with Crippen molar-refractivity contribution in [3.05, 3.63) is 0 Å². The van der Waals surface area contributed by atoms with Crippen LogP contribution in [-0.4, -0.2) is 55.0 Å². The Labute approximate surface area is 92.0 Å². The number of hydrogen-bond acceptors (Lipinski definition) is 4. The number of hydrogen-bond donors (Lipinski definition) is 1. The molecule has 0 aromatic rings. The molecule has 0 aliphatic rings. The molecule has 0 rings (SSSR count). The van der Waals surface area contributed by atoms with Crippen molar-refractivity contribution in [1.29, 1.82) is 0 Å².